The lowest BCUT2D eigenvalue weighted by atomic mass is 10.2. The summed E-state index contributed by atoms with van der Waals surface area (Å²) in [5.74, 6) is 1.14. The van der Waals surface area contributed by atoms with Gasteiger partial charge in [-0.1, -0.05) is 29.1 Å². The summed E-state index contributed by atoms with van der Waals surface area (Å²) >= 11 is 1.47. The summed E-state index contributed by atoms with van der Waals surface area (Å²) in [7, 11) is 0. The molecule has 154 valence electrons. The van der Waals surface area contributed by atoms with Gasteiger partial charge in [-0.05, 0) is 32.4 Å². The summed E-state index contributed by atoms with van der Waals surface area (Å²) in [5, 5.41) is 5.09. The van der Waals surface area contributed by atoms with Gasteiger partial charge in [0.05, 0.1) is 29.4 Å². The second kappa shape index (κ2) is 9.06. The topological polar surface area (TPSA) is 86.3 Å². The van der Waals surface area contributed by atoms with Crippen LogP contribution >= 0.6 is 11.8 Å². The van der Waals surface area contributed by atoms with E-state index in [1.54, 1.807) is 11.5 Å². The number of thioether (sulfide) groups is 1. The van der Waals surface area contributed by atoms with Crippen molar-refractivity contribution < 1.29 is 9.26 Å². The molecule has 0 spiro atoms. The highest BCUT2D eigenvalue weighted by Gasteiger charge is 2.20. The number of fused-ring (bicyclic) bond motifs is 1. The van der Waals surface area contributed by atoms with E-state index in [1.165, 1.54) is 11.8 Å². The number of hydrogen-bond acceptors (Lipinski definition) is 8. The van der Waals surface area contributed by atoms with Gasteiger partial charge in [-0.15, -0.1) is 0 Å². The zero-order chi connectivity index (χ0) is 20.2. The van der Waals surface area contributed by atoms with Crippen molar-refractivity contribution in [1.29, 1.82) is 0 Å². The van der Waals surface area contributed by atoms with Crippen molar-refractivity contribution in [3.05, 3.63) is 46.3 Å². The van der Waals surface area contributed by atoms with Gasteiger partial charge in [-0.2, -0.15) is 4.98 Å². The maximum atomic E-state index is 13.2. The Morgan fingerprint density at radius 1 is 1.17 bits per heavy atom. The quantitative estimate of drug-likeness (QED) is 0.430. The highest BCUT2D eigenvalue weighted by atomic mass is 32.2. The van der Waals surface area contributed by atoms with Crippen molar-refractivity contribution in [2.45, 2.75) is 37.2 Å². The number of benzene rings is 1. The SMILES string of the molecule is Cc1noc([C@@H](C)Sc2nc3ccccc3c(=O)n2CCCN2CCOCC2)n1. The van der Waals surface area contributed by atoms with Crippen molar-refractivity contribution >= 4 is 22.7 Å². The zero-order valence-electron chi connectivity index (χ0n) is 16.7. The highest BCUT2D eigenvalue weighted by Crippen LogP contribution is 2.33. The molecule has 1 aliphatic rings. The summed E-state index contributed by atoms with van der Waals surface area (Å²) in [6, 6.07) is 7.49. The van der Waals surface area contributed by atoms with Crippen LogP contribution in [-0.4, -0.2) is 57.4 Å². The van der Waals surface area contributed by atoms with Gasteiger partial charge in [0, 0.05) is 26.2 Å². The molecule has 0 amide bonds. The minimum atomic E-state index is -0.102. The summed E-state index contributed by atoms with van der Waals surface area (Å²) in [6.45, 7) is 8.77. The fourth-order valence-corrected chi connectivity index (χ4v) is 4.36. The van der Waals surface area contributed by atoms with Gasteiger partial charge in [0.2, 0.25) is 5.89 Å². The Labute approximate surface area is 173 Å². The van der Waals surface area contributed by atoms with Crippen molar-refractivity contribution in [2.24, 2.45) is 0 Å². The maximum Gasteiger partial charge on any atom is 0.262 e. The van der Waals surface area contributed by atoms with Gasteiger partial charge in [0.1, 0.15) is 0 Å². The standard InChI is InChI=1S/C20H25N5O3S/c1-14(18-21-15(2)23-28-18)29-20-22-17-7-4-3-6-16(17)19(26)25(20)9-5-8-24-10-12-27-13-11-24/h3-4,6-7,14H,5,8-13H2,1-2H3/t14-/m1/s1. The molecule has 1 fully saturated rings. The van der Waals surface area contributed by atoms with Crippen molar-refractivity contribution in [1.82, 2.24) is 24.6 Å². The normalized spacial score (nSPS) is 16.3. The van der Waals surface area contributed by atoms with E-state index in [1.807, 2.05) is 31.2 Å². The molecule has 1 atom stereocenters. The maximum absolute atomic E-state index is 13.2. The van der Waals surface area contributed by atoms with Crippen LogP contribution in [0.2, 0.25) is 0 Å². The van der Waals surface area contributed by atoms with E-state index in [0.29, 0.717) is 34.3 Å². The molecule has 3 aromatic rings. The summed E-state index contributed by atoms with van der Waals surface area (Å²) in [6.07, 6.45) is 0.877. The Kier molecular flexibility index (Phi) is 6.27. The molecular weight excluding hydrogens is 390 g/mol. The van der Waals surface area contributed by atoms with Gasteiger partial charge >= 0.3 is 0 Å². The average Bonchev–Trinajstić information content (AvgIpc) is 3.17. The number of nitrogens with zero attached hydrogens (tertiary/aromatic N) is 5. The van der Waals surface area contributed by atoms with Gasteiger partial charge in [0.25, 0.3) is 5.56 Å². The van der Waals surface area contributed by atoms with Crippen molar-refractivity contribution in [2.75, 3.05) is 32.8 Å². The first-order valence-electron chi connectivity index (χ1n) is 9.88. The number of morpholine rings is 1. The smallest absolute Gasteiger partial charge is 0.262 e. The molecule has 0 bridgehead atoms. The van der Waals surface area contributed by atoms with E-state index < -0.39 is 0 Å². The summed E-state index contributed by atoms with van der Waals surface area (Å²) < 4.78 is 12.5. The molecular formula is C20H25N5O3S. The number of ether oxygens (including phenoxy) is 1. The fourth-order valence-electron chi connectivity index (χ4n) is 3.40. The molecule has 29 heavy (non-hydrogen) atoms. The molecule has 0 N–H and O–H groups in total. The Morgan fingerprint density at radius 3 is 2.72 bits per heavy atom. The molecule has 1 aromatic carbocycles. The van der Waals surface area contributed by atoms with Crippen LogP contribution in [0.3, 0.4) is 0 Å². The molecule has 1 aliphatic heterocycles. The first-order valence-corrected chi connectivity index (χ1v) is 10.8. The molecule has 3 heterocycles. The van der Waals surface area contributed by atoms with Crippen LogP contribution in [0.4, 0.5) is 0 Å². The molecule has 0 aliphatic carbocycles. The molecule has 0 radical (unpaired) electrons. The predicted molar refractivity (Wildman–Crippen MR) is 111 cm³/mol. The number of rotatable bonds is 7. The minimum Gasteiger partial charge on any atom is -0.379 e. The second-order valence-electron chi connectivity index (χ2n) is 7.12. The average molecular weight is 416 g/mol. The lowest BCUT2D eigenvalue weighted by Crippen LogP contribution is -2.37. The third-order valence-corrected chi connectivity index (χ3v) is 6.04. The number of aromatic nitrogens is 4. The Morgan fingerprint density at radius 2 is 1.97 bits per heavy atom. The number of hydrogen-bond donors (Lipinski definition) is 0. The molecule has 9 heteroatoms. The Balaban J connectivity index is 1.58. The van der Waals surface area contributed by atoms with E-state index in [-0.39, 0.29) is 10.8 Å². The summed E-state index contributed by atoms with van der Waals surface area (Å²) in [5.41, 5.74) is 0.701. The lowest BCUT2D eigenvalue weighted by molar-refractivity contribution is 0.0368. The van der Waals surface area contributed by atoms with Crippen LogP contribution in [-0.2, 0) is 11.3 Å². The van der Waals surface area contributed by atoms with Crippen LogP contribution in [0.25, 0.3) is 10.9 Å². The largest absolute Gasteiger partial charge is 0.379 e. The Hall–Kier alpha value is -2.23. The number of para-hydroxylation sites is 1. The molecule has 0 saturated carbocycles. The van der Waals surface area contributed by atoms with Crippen molar-refractivity contribution in [3.63, 3.8) is 0 Å². The lowest BCUT2D eigenvalue weighted by Gasteiger charge is -2.26. The predicted octanol–water partition coefficient (Wildman–Crippen LogP) is 2.66. The molecule has 1 saturated heterocycles. The van der Waals surface area contributed by atoms with E-state index in [0.717, 1.165) is 39.3 Å². The van der Waals surface area contributed by atoms with Crippen LogP contribution in [0.15, 0.2) is 38.7 Å². The van der Waals surface area contributed by atoms with Crippen LogP contribution < -0.4 is 5.56 Å². The molecule has 2 aromatic heterocycles. The number of aryl methyl sites for hydroxylation is 1. The highest BCUT2D eigenvalue weighted by molar-refractivity contribution is 7.99. The zero-order valence-corrected chi connectivity index (χ0v) is 17.5. The third-order valence-electron chi connectivity index (χ3n) is 4.96. The van der Waals surface area contributed by atoms with E-state index in [4.69, 9.17) is 14.2 Å². The second-order valence-corrected chi connectivity index (χ2v) is 8.42. The van der Waals surface area contributed by atoms with Gasteiger partial charge in [0.15, 0.2) is 11.0 Å². The molecule has 0 unspecified atom stereocenters. The van der Waals surface area contributed by atoms with E-state index in [9.17, 15) is 4.79 Å². The first-order chi connectivity index (χ1) is 14.1. The summed E-state index contributed by atoms with van der Waals surface area (Å²) in [4.78, 5) is 24.6. The minimum absolute atomic E-state index is 0.00557. The first kappa shape index (κ1) is 20.1. The van der Waals surface area contributed by atoms with Gasteiger partial charge < -0.3 is 9.26 Å². The third kappa shape index (κ3) is 4.68. The monoisotopic (exact) mass is 415 g/mol. The molecule has 8 nitrogen and oxygen atoms in total. The van der Waals surface area contributed by atoms with E-state index >= 15 is 0 Å². The van der Waals surface area contributed by atoms with Crippen LogP contribution in [0.5, 0.6) is 0 Å². The van der Waals surface area contributed by atoms with Gasteiger partial charge in [-0.25, -0.2) is 4.98 Å². The fraction of sp³-hybridized carbons (Fsp3) is 0.500. The van der Waals surface area contributed by atoms with Crippen molar-refractivity contribution in [3.8, 4) is 0 Å². The molecule has 4 rings (SSSR count). The van der Waals surface area contributed by atoms with Gasteiger partial charge in [-0.3, -0.25) is 14.3 Å². The van der Waals surface area contributed by atoms with Crippen LogP contribution in [0.1, 0.15) is 30.3 Å². The van der Waals surface area contributed by atoms with Crippen LogP contribution in [0, 0.1) is 6.92 Å². The Bertz CT molecular complexity index is 1030. The van der Waals surface area contributed by atoms with E-state index in [2.05, 4.69) is 15.0 Å².